The highest BCUT2D eigenvalue weighted by Gasteiger charge is 2.36. The first-order valence-corrected chi connectivity index (χ1v) is 15.7. The van der Waals surface area contributed by atoms with Gasteiger partial charge in [0.2, 0.25) is 11.8 Å². The minimum Gasteiger partial charge on any atom is -0.444 e. The summed E-state index contributed by atoms with van der Waals surface area (Å²) in [6.07, 6.45) is -0.128. The molecule has 0 bridgehead atoms. The number of alkyl carbamates (subject to hydrolysis) is 1. The van der Waals surface area contributed by atoms with Gasteiger partial charge in [-0.2, -0.15) is 0 Å². The summed E-state index contributed by atoms with van der Waals surface area (Å²) in [5.74, 6) is -0.828. The van der Waals surface area contributed by atoms with Crippen LogP contribution >= 0.6 is 0 Å². The van der Waals surface area contributed by atoms with Crippen molar-refractivity contribution < 1.29 is 28.7 Å². The zero-order chi connectivity index (χ0) is 34.2. The van der Waals surface area contributed by atoms with Crippen LogP contribution in [0.5, 0.6) is 0 Å². The lowest BCUT2D eigenvalue weighted by atomic mass is 9.93. The number of para-hydroxylation sites is 1. The molecule has 1 aliphatic rings. The molecule has 0 aliphatic carbocycles. The molecule has 0 saturated carbocycles. The number of amides is 5. The van der Waals surface area contributed by atoms with E-state index in [0.29, 0.717) is 25.2 Å². The third-order valence-electron chi connectivity index (χ3n) is 7.62. The van der Waals surface area contributed by atoms with Crippen molar-refractivity contribution in [2.24, 2.45) is 0 Å². The monoisotopic (exact) mass is 643 g/mol. The maximum atomic E-state index is 14.0. The summed E-state index contributed by atoms with van der Waals surface area (Å²) in [5.41, 5.74) is 3.46. The highest BCUT2D eigenvalue weighted by Crippen LogP contribution is 2.31. The summed E-state index contributed by atoms with van der Waals surface area (Å²) >= 11 is 0. The molecule has 0 aromatic heterocycles. The highest BCUT2D eigenvalue weighted by molar-refractivity contribution is 5.95. The van der Waals surface area contributed by atoms with E-state index in [1.807, 2.05) is 66.7 Å². The van der Waals surface area contributed by atoms with E-state index in [1.165, 1.54) is 0 Å². The van der Waals surface area contributed by atoms with E-state index in [0.717, 1.165) is 27.8 Å². The minimum atomic E-state index is -1.37. The molecule has 0 radical (unpaired) electrons. The molecule has 1 aliphatic heterocycles. The van der Waals surface area contributed by atoms with Gasteiger partial charge in [0.15, 0.2) is 0 Å². The van der Waals surface area contributed by atoms with E-state index in [-0.39, 0.29) is 25.2 Å². The van der Waals surface area contributed by atoms with Crippen molar-refractivity contribution in [1.82, 2.24) is 20.9 Å². The second-order valence-corrected chi connectivity index (χ2v) is 13.0. The maximum Gasteiger partial charge on any atom is 0.408 e. The smallest absolute Gasteiger partial charge is 0.408 e. The molecule has 1 heterocycles. The summed E-state index contributed by atoms with van der Waals surface area (Å²) in [5, 5.41) is 10.9. The van der Waals surface area contributed by atoms with Crippen molar-refractivity contribution in [1.29, 1.82) is 0 Å². The van der Waals surface area contributed by atoms with Gasteiger partial charge in [-0.25, -0.2) is 9.59 Å². The number of benzene rings is 3. The molecule has 0 saturated heterocycles. The molecule has 0 fully saturated rings. The molecule has 4 rings (SSSR count). The van der Waals surface area contributed by atoms with Gasteiger partial charge in [-0.05, 0) is 69.4 Å². The Kier molecular flexibility index (Phi) is 11.3. The van der Waals surface area contributed by atoms with Gasteiger partial charge in [-0.15, -0.1) is 0 Å². The van der Waals surface area contributed by atoms with Crippen molar-refractivity contribution in [2.75, 3.05) is 25.5 Å². The highest BCUT2D eigenvalue weighted by atomic mass is 16.6. The predicted molar refractivity (Wildman–Crippen MR) is 181 cm³/mol. The molecule has 11 nitrogen and oxygen atoms in total. The van der Waals surface area contributed by atoms with E-state index in [9.17, 15) is 19.2 Å². The van der Waals surface area contributed by atoms with Crippen LogP contribution in [-0.2, 0) is 38.6 Å². The number of nitrogens with one attached hydrogen (secondary N) is 4. The third kappa shape index (κ3) is 9.79. The summed E-state index contributed by atoms with van der Waals surface area (Å²) < 4.78 is 11.3. The molecule has 5 amide bonds. The van der Waals surface area contributed by atoms with Crippen LogP contribution in [0.3, 0.4) is 0 Å². The number of hydrogen-bond donors (Lipinski definition) is 4. The van der Waals surface area contributed by atoms with Crippen LogP contribution in [0.25, 0.3) is 11.1 Å². The van der Waals surface area contributed by atoms with Gasteiger partial charge in [0.1, 0.15) is 17.2 Å². The molecule has 11 heteroatoms. The fraction of sp³-hybridized carbons (Fsp3) is 0.389. The first-order valence-electron chi connectivity index (χ1n) is 15.7. The number of fused-ring (bicyclic) bond motifs is 1. The van der Waals surface area contributed by atoms with Gasteiger partial charge >= 0.3 is 12.1 Å². The van der Waals surface area contributed by atoms with Gasteiger partial charge < -0.3 is 35.6 Å². The number of hydrogen-bond acceptors (Lipinski definition) is 6. The summed E-state index contributed by atoms with van der Waals surface area (Å²) in [4.78, 5) is 53.6. The molecule has 47 heavy (non-hydrogen) atoms. The van der Waals surface area contributed by atoms with Crippen LogP contribution in [0, 0.1) is 0 Å². The quantitative estimate of drug-likeness (QED) is 0.246. The maximum absolute atomic E-state index is 14.0. The van der Waals surface area contributed by atoms with Crippen molar-refractivity contribution in [3.05, 3.63) is 89.5 Å². The molecule has 1 atom stereocenters. The largest absolute Gasteiger partial charge is 0.444 e. The molecule has 4 N–H and O–H groups in total. The van der Waals surface area contributed by atoms with E-state index >= 15 is 0 Å². The van der Waals surface area contributed by atoms with E-state index in [1.54, 1.807) is 46.6 Å². The Hall–Kier alpha value is -4.90. The topological polar surface area (TPSA) is 138 Å². The number of carbonyl (C=O) groups excluding carboxylic acids is 4. The summed E-state index contributed by atoms with van der Waals surface area (Å²) in [7, 11) is 1.57. The third-order valence-corrected chi connectivity index (χ3v) is 7.62. The van der Waals surface area contributed by atoms with Crippen LogP contribution in [0.1, 0.15) is 51.3 Å². The van der Waals surface area contributed by atoms with Crippen molar-refractivity contribution in [3.8, 4) is 11.1 Å². The Morgan fingerprint density at radius 1 is 0.894 bits per heavy atom. The molecule has 3 aromatic rings. The van der Waals surface area contributed by atoms with Crippen LogP contribution in [-0.4, -0.2) is 66.2 Å². The lowest BCUT2D eigenvalue weighted by molar-refractivity contribution is -0.140. The molecular weight excluding hydrogens is 598 g/mol. The standard InChI is InChI=1S/C36H45N5O6/c1-35(2,3)47-34(45)40-36(4,5)32(43)38-30(23-46-22-24-12-8-7-9-13-24)31(42)41-19-18-25-20-26(16-17-27(25)21-41)28-14-10-11-15-29(28)39-33(44)37-6/h7-17,20,30H,18-19,21-23H2,1-6H3,(H,38,43)(H,40,45)(H2,37,39,44)/t30-/m1/s1. The molecule has 0 spiro atoms. The second kappa shape index (κ2) is 15.1. The molecule has 0 unspecified atom stereocenters. The van der Waals surface area contributed by atoms with Crippen LogP contribution in [0.4, 0.5) is 15.3 Å². The number of ether oxygens (including phenoxy) is 2. The molecular formula is C36H45N5O6. The normalized spacial score (nSPS) is 13.5. The van der Waals surface area contributed by atoms with Gasteiger partial charge in [-0.1, -0.05) is 66.7 Å². The number of anilines is 1. The lowest BCUT2D eigenvalue weighted by Gasteiger charge is -2.34. The first kappa shape index (κ1) is 35.0. The Bertz CT molecular complexity index is 1580. The van der Waals surface area contributed by atoms with Crippen LogP contribution in [0.2, 0.25) is 0 Å². The number of urea groups is 1. The van der Waals surface area contributed by atoms with Crippen molar-refractivity contribution in [3.63, 3.8) is 0 Å². The first-order chi connectivity index (χ1) is 22.3. The zero-order valence-corrected chi connectivity index (χ0v) is 27.9. The average Bonchev–Trinajstić information content (AvgIpc) is 3.02. The Morgan fingerprint density at radius 2 is 1.60 bits per heavy atom. The predicted octanol–water partition coefficient (Wildman–Crippen LogP) is 4.99. The van der Waals surface area contributed by atoms with E-state index in [4.69, 9.17) is 9.47 Å². The van der Waals surface area contributed by atoms with Crippen molar-refractivity contribution >= 4 is 29.6 Å². The van der Waals surface area contributed by atoms with E-state index < -0.39 is 29.2 Å². The molecule has 250 valence electrons. The number of nitrogens with zero attached hydrogens (tertiary/aromatic N) is 1. The minimum absolute atomic E-state index is 0.0561. The Labute approximate surface area is 276 Å². The van der Waals surface area contributed by atoms with Gasteiger partial charge in [0, 0.05) is 25.7 Å². The van der Waals surface area contributed by atoms with Crippen LogP contribution < -0.4 is 21.3 Å². The lowest BCUT2D eigenvalue weighted by Crippen LogP contribution is -2.60. The molecule has 3 aromatic carbocycles. The van der Waals surface area contributed by atoms with Crippen molar-refractivity contribution in [2.45, 2.75) is 71.4 Å². The fourth-order valence-corrected chi connectivity index (χ4v) is 5.16. The number of carbonyl (C=O) groups is 4. The average molecular weight is 644 g/mol. The zero-order valence-electron chi connectivity index (χ0n) is 27.9. The summed E-state index contributed by atoms with van der Waals surface area (Å²) in [6, 6.07) is 21.9. The van der Waals surface area contributed by atoms with Gasteiger partial charge in [0.25, 0.3) is 0 Å². The fourth-order valence-electron chi connectivity index (χ4n) is 5.16. The SMILES string of the molecule is CNC(=O)Nc1ccccc1-c1ccc2c(c1)CCN(C(=O)[C@@H](COCc1ccccc1)NC(=O)C(C)(C)NC(=O)OC(C)(C)C)C2. The number of rotatable bonds is 10. The summed E-state index contributed by atoms with van der Waals surface area (Å²) in [6.45, 7) is 9.32. The van der Waals surface area contributed by atoms with Crippen LogP contribution in [0.15, 0.2) is 72.8 Å². The second-order valence-electron chi connectivity index (χ2n) is 13.0. The van der Waals surface area contributed by atoms with Gasteiger partial charge in [-0.3, -0.25) is 9.59 Å². The van der Waals surface area contributed by atoms with E-state index in [2.05, 4.69) is 27.3 Å². The Balaban J connectivity index is 1.49. The Morgan fingerprint density at radius 3 is 2.30 bits per heavy atom. The van der Waals surface area contributed by atoms with Gasteiger partial charge in [0.05, 0.1) is 18.9 Å².